The number of rotatable bonds is 2. The summed E-state index contributed by atoms with van der Waals surface area (Å²) in [5.74, 6) is 0. The first-order valence-corrected chi connectivity index (χ1v) is 21.5. The summed E-state index contributed by atoms with van der Waals surface area (Å²) in [5, 5.41) is 5.34. The van der Waals surface area contributed by atoms with Crippen LogP contribution in [0.3, 0.4) is 0 Å². The number of hydrogen-bond acceptors (Lipinski definition) is 7. The number of aryl methyl sites for hydroxylation is 2. The van der Waals surface area contributed by atoms with Crippen LogP contribution in [0.2, 0.25) is 0 Å². The quantitative estimate of drug-likeness (QED) is 0.0740. The third kappa shape index (κ3) is 7.96. The molecule has 0 amide bonds. The van der Waals surface area contributed by atoms with Gasteiger partial charge in [0.05, 0.1) is 16.5 Å². The molecule has 2 aliphatic rings. The van der Waals surface area contributed by atoms with Gasteiger partial charge in [-0.25, -0.2) is 16.8 Å². The number of pyridine rings is 2. The maximum absolute atomic E-state index is 10.7. The summed E-state index contributed by atoms with van der Waals surface area (Å²) in [5.41, 5.74) is 2.90. The SMILES string of the molecule is Cc1c(C)c2c(c3c1CC[n+]1ccccc1-3)-c1c3ccccc3c(C=Cc3cccc4c3sc3ccccc34)c[n+]1CC2.O=S(=O)([O-])C(F)(F)F.O=S(=O)([O-])C(F)(F)F. The van der Waals surface area contributed by atoms with E-state index in [1.165, 1.54) is 86.8 Å². The van der Waals surface area contributed by atoms with E-state index in [0.717, 1.165) is 25.9 Å². The summed E-state index contributed by atoms with van der Waals surface area (Å²) >= 11 is 1.89. The molecule has 2 aliphatic heterocycles. The number of aromatic nitrogens is 2. The van der Waals surface area contributed by atoms with E-state index in [-0.39, 0.29) is 0 Å². The van der Waals surface area contributed by atoms with Gasteiger partial charge in [0.25, 0.3) is 0 Å². The Kier molecular flexibility index (Phi) is 11.0. The van der Waals surface area contributed by atoms with E-state index in [4.69, 9.17) is 25.9 Å². The second-order valence-electron chi connectivity index (χ2n) is 13.9. The van der Waals surface area contributed by atoms with Crippen molar-refractivity contribution in [3.05, 3.63) is 131 Å². The normalized spacial score (nSPS) is 13.9. The van der Waals surface area contributed by atoms with Gasteiger partial charge in [0.2, 0.25) is 11.4 Å². The van der Waals surface area contributed by atoms with Crippen LogP contribution in [0.1, 0.15) is 33.4 Å². The zero-order chi connectivity index (χ0) is 42.7. The van der Waals surface area contributed by atoms with Crippen molar-refractivity contribution in [2.24, 2.45) is 0 Å². The van der Waals surface area contributed by atoms with Crippen molar-refractivity contribution in [1.82, 2.24) is 0 Å². The highest BCUT2D eigenvalue weighted by Crippen LogP contribution is 2.45. The zero-order valence-corrected chi connectivity index (χ0v) is 33.5. The molecule has 0 saturated heterocycles. The van der Waals surface area contributed by atoms with Crippen LogP contribution in [0.4, 0.5) is 26.3 Å². The molecule has 0 N–H and O–H groups in total. The molecule has 59 heavy (non-hydrogen) atoms. The minimum atomic E-state index is -6.09. The molecule has 8 nitrogen and oxygen atoms in total. The molecule has 3 aromatic heterocycles. The smallest absolute Gasteiger partial charge is 0.485 e. The number of benzene rings is 4. The molecule has 9 rings (SSSR count). The molecule has 5 heterocycles. The summed E-state index contributed by atoms with van der Waals surface area (Å²) in [6.07, 6.45) is 11.5. The molecule has 0 bridgehead atoms. The second-order valence-corrected chi connectivity index (χ2v) is 17.7. The molecular formula is C42H32F6N2O6S3. The molecule has 306 valence electrons. The molecular weight excluding hydrogens is 839 g/mol. The summed E-state index contributed by atoms with van der Waals surface area (Å²) in [7, 11) is -12.2. The van der Waals surface area contributed by atoms with Crippen molar-refractivity contribution in [1.29, 1.82) is 0 Å². The van der Waals surface area contributed by atoms with Gasteiger partial charge in [-0.2, -0.15) is 35.5 Å². The van der Waals surface area contributed by atoms with Gasteiger partial charge in [0.15, 0.2) is 45.7 Å². The van der Waals surface area contributed by atoms with Gasteiger partial charge >= 0.3 is 11.0 Å². The molecule has 0 unspecified atom stereocenters. The minimum Gasteiger partial charge on any atom is -0.741 e. The van der Waals surface area contributed by atoms with Gasteiger partial charge < -0.3 is 9.11 Å². The number of hydrogen-bond donors (Lipinski definition) is 0. The molecule has 17 heteroatoms. The maximum atomic E-state index is 10.7. The monoisotopic (exact) mass is 870 g/mol. The fourth-order valence-electron chi connectivity index (χ4n) is 7.73. The van der Waals surface area contributed by atoms with Crippen LogP contribution in [0.5, 0.6) is 0 Å². The first-order chi connectivity index (χ1) is 27.7. The summed E-state index contributed by atoms with van der Waals surface area (Å²) in [6, 6.07) is 31.2. The Hall–Kier alpha value is -5.20. The van der Waals surface area contributed by atoms with E-state index in [9.17, 15) is 26.3 Å². The zero-order valence-electron chi connectivity index (χ0n) is 31.1. The molecule has 0 fully saturated rings. The standard InChI is InChI=1S/C40H32N2S.2CHF3O3S/c1-25-26(2)30-20-23-42-24-28(18-17-27-10-9-14-34-32-12-5-6-16-36(32)43-40(27)34)31-11-3-4-13-33(31)39(42)38(30)37-29(25)19-22-41-21-8-7-15-35(37)41;2*2-1(3,4)8(5,6)7/h3-18,21,24H,19-20,22-23H2,1-2H3;2*(H,5,6,7)/q+2;;/p-2. The van der Waals surface area contributed by atoms with E-state index in [1.54, 1.807) is 0 Å². The Morgan fingerprint density at radius 3 is 1.75 bits per heavy atom. The number of fused-ring (bicyclic) bond motifs is 12. The number of nitrogens with zero attached hydrogens (tertiary/aromatic N) is 2. The van der Waals surface area contributed by atoms with Crippen LogP contribution in [-0.2, 0) is 46.2 Å². The van der Waals surface area contributed by atoms with Gasteiger partial charge in [-0.1, -0.05) is 60.7 Å². The van der Waals surface area contributed by atoms with E-state index < -0.39 is 31.3 Å². The Bertz CT molecular complexity index is 3030. The highest BCUT2D eigenvalue weighted by atomic mass is 32.2. The fourth-order valence-corrected chi connectivity index (χ4v) is 8.92. The van der Waals surface area contributed by atoms with Gasteiger partial charge in [-0.3, -0.25) is 0 Å². The Morgan fingerprint density at radius 1 is 0.610 bits per heavy atom. The van der Waals surface area contributed by atoms with E-state index >= 15 is 0 Å². The molecule has 0 spiro atoms. The maximum Gasteiger partial charge on any atom is 0.485 e. The van der Waals surface area contributed by atoms with Crippen molar-refractivity contribution >= 4 is 74.7 Å². The lowest BCUT2D eigenvalue weighted by atomic mass is 9.79. The van der Waals surface area contributed by atoms with Crippen LogP contribution in [-0.4, -0.2) is 37.0 Å². The van der Waals surface area contributed by atoms with Crippen LogP contribution in [0.25, 0.3) is 65.6 Å². The van der Waals surface area contributed by atoms with E-state index in [2.05, 4.69) is 132 Å². The molecule has 4 aromatic carbocycles. The van der Waals surface area contributed by atoms with Gasteiger partial charge in [0, 0.05) is 56.1 Å². The average Bonchev–Trinajstić information content (AvgIpc) is 3.57. The average molecular weight is 871 g/mol. The van der Waals surface area contributed by atoms with Crippen molar-refractivity contribution < 1.29 is 61.4 Å². The van der Waals surface area contributed by atoms with Crippen LogP contribution in [0, 0.1) is 13.8 Å². The third-order valence-corrected chi connectivity index (χ3v) is 12.8. The van der Waals surface area contributed by atoms with Crippen molar-refractivity contribution in [2.45, 2.75) is 50.8 Å². The molecule has 0 radical (unpaired) electrons. The topological polar surface area (TPSA) is 122 Å². The highest BCUT2D eigenvalue weighted by Gasteiger charge is 2.39. The summed E-state index contributed by atoms with van der Waals surface area (Å²) in [6.45, 7) is 6.73. The second kappa shape index (κ2) is 15.4. The highest BCUT2D eigenvalue weighted by molar-refractivity contribution is 7.86. The van der Waals surface area contributed by atoms with E-state index in [0.29, 0.717) is 0 Å². The molecule has 0 aliphatic carbocycles. The minimum absolute atomic E-state index is 0.994. The van der Waals surface area contributed by atoms with Crippen molar-refractivity contribution in [2.75, 3.05) is 0 Å². The van der Waals surface area contributed by atoms with Gasteiger partial charge in [-0.15, -0.1) is 11.3 Å². The predicted octanol–water partition coefficient (Wildman–Crippen LogP) is 9.12. The number of alkyl halides is 6. The first kappa shape index (κ1) is 41.9. The third-order valence-electron chi connectivity index (χ3n) is 10.5. The Morgan fingerprint density at radius 2 is 1.12 bits per heavy atom. The van der Waals surface area contributed by atoms with Crippen LogP contribution < -0.4 is 9.13 Å². The van der Waals surface area contributed by atoms with Crippen LogP contribution >= 0.6 is 11.3 Å². The largest absolute Gasteiger partial charge is 0.741 e. The number of halogens is 6. The Labute approximate surface area is 338 Å². The Balaban J connectivity index is 0.000000281. The molecule has 0 saturated carbocycles. The summed E-state index contributed by atoms with van der Waals surface area (Å²) < 4.78 is 126. The van der Waals surface area contributed by atoms with Crippen LogP contribution in [0.15, 0.2) is 97.3 Å². The lowest BCUT2D eigenvalue weighted by Crippen LogP contribution is -2.43. The molecule has 0 atom stereocenters. The summed E-state index contributed by atoms with van der Waals surface area (Å²) in [4.78, 5) is 0. The van der Waals surface area contributed by atoms with Gasteiger partial charge in [0.1, 0.15) is 0 Å². The number of thiophene rings is 1. The van der Waals surface area contributed by atoms with E-state index in [1.807, 2.05) is 11.3 Å². The predicted molar refractivity (Wildman–Crippen MR) is 212 cm³/mol. The lowest BCUT2D eigenvalue weighted by Gasteiger charge is -2.27. The van der Waals surface area contributed by atoms with Crippen molar-refractivity contribution in [3.63, 3.8) is 0 Å². The fraction of sp³-hybridized carbons (Fsp3) is 0.190. The first-order valence-electron chi connectivity index (χ1n) is 17.9. The van der Waals surface area contributed by atoms with Gasteiger partial charge in [-0.05, 0) is 65.9 Å². The van der Waals surface area contributed by atoms with Crippen molar-refractivity contribution in [3.8, 4) is 22.5 Å². The lowest BCUT2D eigenvalue weighted by molar-refractivity contribution is -0.689. The molecule has 7 aromatic rings.